The largest absolute Gasteiger partial charge is 0.476 e. The number of nitro groups is 1. The maximum Gasteiger partial charge on any atom is 0.312 e. The monoisotopic (exact) mass is 621 g/mol. The predicted molar refractivity (Wildman–Crippen MR) is 156 cm³/mol. The molecule has 5 rings (SSSR count). The zero-order valence-corrected chi connectivity index (χ0v) is 23.3. The van der Waals surface area contributed by atoms with Gasteiger partial charge in [-0.25, -0.2) is 9.37 Å². The number of nitro benzene ring substituents is 1. The molecule has 0 unspecified atom stereocenters. The van der Waals surface area contributed by atoms with E-state index in [9.17, 15) is 24.1 Å². The van der Waals surface area contributed by atoms with Crippen LogP contribution in [-0.2, 0) is 4.79 Å². The average molecular weight is 622 g/mol. The molecule has 1 fully saturated rings. The Labute approximate surface area is 242 Å². The topological polar surface area (TPSA) is 129 Å². The summed E-state index contributed by atoms with van der Waals surface area (Å²) in [7, 11) is 0. The molecule has 1 heterocycles. The third kappa shape index (κ3) is 6.49. The van der Waals surface area contributed by atoms with Gasteiger partial charge in [-0.15, -0.1) is 0 Å². The quantitative estimate of drug-likeness (QED) is 0.143. The van der Waals surface area contributed by atoms with Crippen molar-refractivity contribution in [3.63, 3.8) is 0 Å². The fourth-order valence-corrected chi connectivity index (χ4v) is 5.44. The molecule has 10 nitrogen and oxygen atoms in total. The number of nitrogens with one attached hydrogen (secondary N) is 1. The first-order valence-corrected chi connectivity index (χ1v) is 13.8. The lowest BCUT2D eigenvalue weighted by atomic mass is 9.88. The van der Waals surface area contributed by atoms with Gasteiger partial charge in [0.2, 0.25) is 5.75 Å². The molecule has 1 aliphatic carbocycles. The van der Waals surface area contributed by atoms with Crippen LogP contribution in [0, 0.1) is 15.9 Å². The van der Waals surface area contributed by atoms with Crippen LogP contribution in [0.3, 0.4) is 0 Å². The van der Waals surface area contributed by atoms with Crippen LogP contribution in [-0.4, -0.2) is 33.3 Å². The lowest BCUT2D eigenvalue weighted by molar-refractivity contribution is -0.385. The Morgan fingerprint density at radius 3 is 2.71 bits per heavy atom. The van der Waals surface area contributed by atoms with Gasteiger partial charge < -0.3 is 10.1 Å². The van der Waals surface area contributed by atoms with Crippen LogP contribution >= 0.6 is 15.9 Å². The van der Waals surface area contributed by atoms with Gasteiger partial charge in [-0.3, -0.25) is 19.7 Å². The predicted octanol–water partition coefficient (Wildman–Crippen LogP) is 6.15. The van der Waals surface area contributed by atoms with Crippen LogP contribution in [0.5, 0.6) is 5.75 Å². The fraction of sp³-hybridized carbons (Fsp3) is 0.241. The normalized spacial score (nSPS) is 13.9. The van der Waals surface area contributed by atoms with Crippen LogP contribution in [0.1, 0.15) is 49.4 Å². The Balaban J connectivity index is 1.43. The molecular formula is C29H25BrFN5O5. The van der Waals surface area contributed by atoms with E-state index >= 15 is 0 Å². The van der Waals surface area contributed by atoms with Crippen molar-refractivity contribution in [1.29, 1.82) is 0 Å². The van der Waals surface area contributed by atoms with Gasteiger partial charge in [0.1, 0.15) is 11.6 Å². The molecule has 12 heteroatoms. The highest BCUT2D eigenvalue weighted by atomic mass is 79.9. The van der Waals surface area contributed by atoms with Crippen LogP contribution < -0.4 is 15.6 Å². The van der Waals surface area contributed by atoms with E-state index in [1.807, 2.05) is 6.07 Å². The summed E-state index contributed by atoms with van der Waals surface area (Å²) in [5.41, 5.74) is 0.437. The van der Waals surface area contributed by atoms with Gasteiger partial charge in [-0.1, -0.05) is 37.5 Å². The van der Waals surface area contributed by atoms with Gasteiger partial charge in [-0.2, -0.15) is 9.78 Å². The maximum absolute atomic E-state index is 13.4. The molecule has 41 heavy (non-hydrogen) atoms. The highest BCUT2D eigenvalue weighted by molar-refractivity contribution is 9.10. The number of hydrogen-bond acceptors (Lipinski definition) is 7. The molecule has 0 spiro atoms. The van der Waals surface area contributed by atoms with Crippen molar-refractivity contribution in [2.45, 2.75) is 38.0 Å². The molecule has 0 bridgehead atoms. The molecule has 1 aromatic heterocycles. The number of nitrogens with zero attached hydrogens (tertiary/aromatic N) is 4. The van der Waals surface area contributed by atoms with E-state index in [1.54, 1.807) is 18.2 Å². The first kappa shape index (κ1) is 28.1. The number of para-hydroxylation sites is 1. The first-order chi connectivity index (χ1) is 19.8. The summed E-state index contributed by atoms with van der Waals surface area (Å²) in [5, 5.41) is 19.2. The zero-order chi connectivity index (χ0) is 28.9. The molecule has 1 saturated carbocycles. The van der Waals surface area contributed by atoms with Crippen LogP contribution in [0.2, 0.25) is 0 Å². The Bertz CT molecular complexity index is 1720. The molecule has 1 N–H and O–H groups in total. The number of anilines is 1. The van der Waals surface area contributed by atoms with E-state index in [0.717, 1.165) is 38.2 Å². The molecule has 0 saturated heterocycles. The molecule has 0 radical (unpaired) electrons. The summed E-state index contributed by atoms with van der Waals surface area (Å²) >= 11 is 3.29. The third-order valence-electron chi connectivity index (χ3n) is 6.77. The Morgan fingerprint density at radius 1 is 1.17 bits per heavy atom. The molecule has 210 valence electrons. The summed E-state index contributed by atoms with van der Waals surface area (Å²) in [4.78, 5) is 41.7. The van der Waals surface area contributed by atoms with Gasteiger partial charge >= 0.3 is 5.69 Å². The fourth-order valence-electron chi connectivity index (χ4n) is 4.86. The standard InChI is InChI=1S/C29H25BrFN5O5/c30-23-13-18(14-25(36(39)40)27(23)41-17-26(37)33-21-10-6-9-20(31)15-21)16-32-35-28(19-7-2-1-3-8-19)34-24-12-5-4-11-22(24)29(35)38/h4-6,9-16,19H,1-3,7-8,17H2,(H,33,37). The second kappa shape index (κ2) is 12.4. The molecule has 1 aliphatic rings. The minimum atomic E-state index is -0.640. The van der Waals surface area contributed by atoms with E-state index in [1.165, 1.54) is 41.2 Å². The van der Waals surface area contributed by atoms with Crippen molar-refractivity contribution < 1.29 is 18.8 Å². The number of fused-ring (bicyclic) bond motifs is 1. The van der Waals surface area contributed by atoms with E-state index in [-0.39, 0.29) is 27.4 Å². The number of carbonyl (C=O) groups excluding carboxylic acids is 1. The van der Waals surface area contributed by atoms with Crippen molar-refractivity contribution in [3.05, 3.63) is 103 Å². The lowest BCUT2D eigenvalue weighted by Gasteiger charge is -2.22. The molecule has 0 aliphatic heterocycles. The molecule has 3 aromatic carbocycles. The van der Waals surface area contributed by atoms with Gasteiger partial charge in [-0.05, 0) is 65.2 Å². The Kier molecular flexibility index (Phi) is 8.48. The van der Waals surface area contributed by atoms with Gasteiger partial charge in [0, 0.05) is 23.2 Å². The molecule has 1 amide bonds. The number of carbonyl (C=O) groups is 1. The SMILES string of the molecule is O=C(COc1c(Br)cc(C=Nn2c(C3CCCCC3)nc3ccccc3c2=O)cc1[N+](=O)[O-])Nc1cccc(F)c1. The number of ether oxygens (including phenoxy) is 1. The summed E-state index contributed by atoms with van der Waals surface area (Å²) < 4.78 is 20.4. The van der Waals surface area contributed by atoms with Gasteiger partial charge in [0.05, 0.1) is 26.5 Å². The number of hydrogen-bond donors (Lipinski definition) is 1. The molecule has 4 aromatic rings. The van der Waals surface area contributed by atoms with E-state index < -0.39 is 28.9 Å². The summed E-state index contributed by atoms with van der Waals surface area (Å²) in [6, 6.07) is 15.2. The number of benzene rings is 3. The second-order valence-electron chi connectivity index (χ2n) is 9.64. The Morgan fingerprint density at radius 2 is 1.95 bits per heavy atom. The van der Waals surface area contributed by atoms with Crippen molar-refractivity contribution in [2.24, 2.45) is 5.10 Å². The summed E-state index contributed by atoms with van der Waals surface area (Å²) in [6.07, 6.45) is 6.38. The number of rotatable bonds is 8. The van der Waals surface area contributed by atoms with Crippen molar-refractivity contribution in [3.8, 4) is 5.75 Å². The molecular weight excluding hydrogens is 597 g/mol. The summed E-state index contributed by atoms with van der Waals surface area (Å²) in [6.45, 7) is -0.549. The maximum atomic E-state index is 13.4. The van der Waals surface area contributed by atoms with Crippen molar-refractivity contribution in [1.82, 2.24) is 9.66 Å². The minimum Gasteiger partial charge on any atom is -0.476 e. The number of amides is 1. The highest BCUT2D eigenvalue weighted by Crippen LogP contribution is 2.36. The van der Waals surface area contributed by atoms with Gasteiger partial charge in [0.25, 0.3) is 11.5 Å². The second-order valence-corrected chi connectivity index (χ2v) is 10.5. The smallest absolute Gasteiger partial charge is 0.312 e. The summed E-state index contributed by atoms with van der Waals surface area (Å²) in [5.74, 6) is -0.655. The van der Waals surface area contributed by atoms with Crippen LogP contribution in [0.25, 0.3) is 10.9 Å². The molecule has 0 atom stereocenters. The van der Waals surface area contributed by atoms with Gasteiger partial charge in [0.15, 0.2) is 6.61 Å². The van der Waals surface area contributed by atoms with E-state index in [4.69, 9.17) is 9.72 Å². The average Bonchev–Trinajstić information content (AvgIpc) is 2.96. The number of aromatic nitrogens is 2. The Hall–Kier alpha value is -4.45. The van der Waals surface area contributed by atoms with Crippen LogP contribution in [0.15, 0.2) is 75.0 Å². The minimum absolute atomic E-state index is 0.0774. The van der Waals surface area contributed by atoms with Crippen molar-refractivity contribution >= 4 is 50.3 Å². The third-order valence-corrected chi connectivity index (χ3v) is 7.36. The highest BCUT2D eigenvalue weighted by Gasteiger charge is 2.24. The number of halogens is 2. The first-order valence-electron chi connectivity index (χ1n) is 13.0. The zero-order valence-electron chi connectivity index (χ0n) is 21.8. The van der Waals surface area contributed by atoms with E-state index in [0.29, 0.717) is 22.3 Å². The lowest BCUT2D eigenvalue weighted by Crippen LogP contribution is -2.25. The van der Waals surface area contributed by atoms with Crippen LogP contribution in [0.4, 0.5) is 15.8 Å². The van der Waals surface area contributed by atoms with E-state index in [2.05, 4.69) is 26.3 Å². The van der Waals surface area contributed by atoms with Crippen molar-refractivity contribution in [2.75, 3.05) is 11.9 Å².